The van der Waals surface area contributed by atoms with E-state index in [1.54, 1.807) is 0 Å². The number of rotatable bonds is 8. The molecule has 0 aromatic carbocycles. The zero-order chi connectivity index (χ0) is 11.7. The molecule has 1 unspecified atom stereocenters. The minimum atomic E-state index is -0.504. The third kappa shape index (κ3) is 9.53. The molecule has 0 rings (SSSR count). The average molecular weight is 215 g/mol. The minimum Gasteiger partial charge on any atom is -0.376 e. The predicted octanol–water partition coefficient (Wildman–Crippen LogP) is 3.11. The molecule has 0 amide bonds. The van der Waals surface area contributed by atoms with E-state index in [0.717, 1.165) is 6.42 Å². The van der Waals surface area contributed by atoms with Gasteiger partial charge in [0.2, 0.25) is 0 Å². The van der Waals surface area contributed by atoms with Gasteiger partial charge in [0.1, 0.15) is 0 Å². The van der Waals surface area contributed by atoms with E-state index in [1.165, 1.54) is 0 Å². The molecule has 15 heavy (non-hydrogen) atoms. The average Bonchev–Trinajstić information content (AvgIpc) is 2.13. The van der Waals surface area contributed by atoms with E-state index in [1.807, 2.05) is 13.8 Å². The van der Waals surface area contributed by atoms with Gasteiger partial charge in [-0.05, 0) is 31.7 Å². The van der Waals surface area contributed by atoms with Gasteiger partial charge >= 0.3 is 0 Å². The summed E-state index contributed by atoms with van der Waals surface area (Å²) in [5, 5.41) is 3.53. The molecule has 0 bridgehead atoms. The fourth-order valence-electron chi connectivity index (χ4n) is 0.887. The normalized spacial score (nSPS) is 12.9. The maximum Gasteiger partial charge on any atom is 0.159 e. The van der Waals surface area contributed by atoms with Crippen molar-refractivity contribution in [1.29, 1.82) is 0 Å². The summed E-state index contributed by atoms with van der Waals surface area (Å²) in [6.07, 6.45) is 0.574. The molecule has 0 saturated heterocycles. The first kappa shape index (κ1) is 14.2. The number of hydrogen-bond donors (Lipinski definition) is 0. The van der Waals surface area contributed by atoms with Crippen LogP contribution in [0.5, 0.6) is 0 Å². The fraction of sp³-hybridized carbons (Fsp3) is 1.00. The molecule has 0 heterocycles. The molecule has 0 aliphatic carbocycles. The first-order valence-corrected chi connectivity index (χ1v) is 5.33. The molecule has 0 aromatic rings. The Bertz CT molecular complexity index is 201. The molecule has 0 aliphatic heterocycles. The van der Waals surface area contributed by atoms with Crippen molar-refractivity contribution in [2.75, 3.05) is 13.2 Å². The van der Waals surface area contributed by atoms with Crippen LogP contribution in [0, 0.1) is 5.92 Å². The van der Waals surface area contributed by atoms with Crippen molar-refractivity contribution in [3.63, 3.8) is 0 Å². The van der Waals surface area contributed by atoms with Crippen molar-refractivity contribution < 1.29 is 9.47 Å². The van der Waals surface area contributed by atoms with Gasteiger partial charge in [0.15, 0.2) is 6.23 Å². The Morgan fingerprint density at radius 1 is 1.20 bits per heavy atom. The molecule has 88 valence electrons. The Balaban J connectivity index is 3.78. The highest BCUT2D eigenvalue weighted by Crippen LogP contribution is 2.04. The number of hydrogen-bond acceptors (Lipinski definition) is 3. The molecule has 0 radical (unpaired) electrons. The van der Waals surface area contributed by atoms with E-state index in [9.17, 15) is 0 Å². The topological polar surface area (TPSA) is 67.2 Å². The van der Waals surface area contributed by atoms with Crippen LogP contribution in [0.2, 0.25) is 0 Å². The van der Waals surface area contributed by atoms with Gasteiger partial charge in [0.25, 0.3) is 0 Å². The predicted molar refractivity (Wildman–Crippen MR) is 59.4 cm³/mol. The van der Waals surface area contributed by atoms with Crippen LogP contribution in [0.1, 0.15) is 34.1 Å². The molecule has 5 heteroatoms. The van der Waals surface area contributed by atoms with Crippen LogP contribution >= 0.6 is 0 Å². The third-order valence-corrected chi connectivity index (χ3v) is 1.76. The second kappa shape index (κ2) is 8.53. The molecule has 0 aliphatic rings. The largest absolute Gasteiger partial charge is 0.376 e. The lowest BCUT2D eigenvalue weighted by molar-refractivity contribution is -0.0341. The zero-order valence-electron chi connectivity index (χ0n) is 10.0. The highest BCUT2D eigenvalue weighted by Gasteiger charge is 2.08. The Morgan fingerprint density at radius 2 is 1.87 bits per heavy atom. The third-order valence-electron chi connectivity index (χ3n) is 1.76. The van der Waals surface area contributed by atoms with Gasteiger partial charge in [-0.2, -0.15) is 0 Å². The number of ether oxygens (including phenoxy) is 2. The van der Waals surface area contributed by atoms with Crippen molar-refractivity contribution in [2.45, 2.75) is 46.4 Å². The summed E-state index contributed by atoms with van der Waals surface area (Å²) in [6.45, 7) is 9.03. The van der Waals surface area contributed by atoms with E-state index in [4.69, 9.17) is 15.0 Å². The van der Waals surface area contributed by atoms with Crippen molar-refractivity contribution >= 4 is 0 Å². The van der Waals surface area contributed by atoms with E-state index >= 15 is 0 Å². The van der Waals surface area contributed by atoms with Crippen molar-refractivity contribution in [1.82, 2.24) is 0 Å². The van der Waals surface area contributed by atoms with E-state index < -0.39 is 6.23 Å². The van der Waals surface area contributed by atoms with Gasteiger partial charge in [0, 0.05) is 11.5 Å². The van der Waals surface area contributed by atoms with Gasteiger partial charge in [0.05, 0.1) is 12.7 Å². The summed E-state index contributed by atoms with van der Waals surface area (Å²) >= 11 is 0. The van der Waals surface area contributed by atoms with Crippen LogP contribution in [0.4, 0.5) is 0 Å². The first-order valence-electron chi connectivity index (χ1n) is 5.33. The van der Waals surface area contributed by atoms with Crippen molar-refractivity contribution in [3.05, 3.63) is 10.4 Å². The Morgan fingerprint density at radius 3 is 2.33 bits per heavy atom. The van der Waals surface area contributed by atoms with Crippen LogP contribution in [0.25, 0.3) is 10.4 Å². The zero-order valence-corrected chi connectivity index (χ0v) is 10.0. The van der Waals surface area contributed by atoms with Crippen LogP contribution in [0.15, 0.2) is 5.11 Å². The SMILES string of the molecule is CC(C)CCOC(COC(C)C)N=[N+]=[N-]. The Labute approximate surface area is 91.4 Å². The maximum atomic E-state index is 8.33. The molecule has 5 nitrogen and oxygen atoms in total. The molecular formula is C10H21N3O2. The molecule has 0 aromatic heterocycles. The molecule has 0 saturated carbocycles. The first-order chi connectivity index (χ1) is 7.06. The Hall–Kier alpha value is -0.770. The van der Waals surface area contributed by atoms with Crippen LogP contribution in [0.3, 0.4) is 0 Å². The number of azide groups is 1. The molecular weight excluding hydrogens is 194 g/mol. The molecule has 0 N–H and O–H groups in total. The quantitative estimate of drug-likeness (QED) is 0.354. The van der Waals surface area contributed by atoms with E-state index in [-0.39, 0.29) is 6.10 Å². The van der Waals surface area contributed by atoms with Gasteiger partial charge in [-0.3, -0.25) is 0 Å². The minimum absolute atomic E-state index is 0.120. The summed E-state index contributed by atoms with van der Waals surface area (Å²) in [5.41, 5.74) is 8.33. The summed E-state index contributed by atoms with van der Waals surface area (Å²) in [7, 11) is 0. The van der Waals surface area contributed by atoms with Gasteiger partial charge in [-0.1, -0.05) is 19.0 Å². The van der Waals surface area contributed by atoms with E-state index in [2.05, 4.69) is 23.9 Å². The standard InChI is InChI=1S/C10H21N3O2/c1-8(2)5-6-14-10(12-13-11)7-15-9(3)4/h8-10H,5-7H2,1-4H3. The van der Waals surface area contributed by atoms with Crippen molar-refractivity contribution in [2.24, 2.45) is 11.0 Å². The Kier molecular flexibility index (Phi) is 8.09. The highest BCUT2D eigenvalue weighted by atomic mass is 16.5. The second-order valence-corrected chi connectivity index (χ2v) is 4.09. The summed E-state index contributed by atoms with van der Waals surface area (Å²) in [5.74, 6) is 0.586. The van der Waals surface area contributed by atoms with E-state index in [0.29, 0.717) is 19.1 Å². The lowest BCUT2D eigenvalue weighted by Gasteiger charge is -2.15. The van der Waals surface area contributed by atoms with Gasteiger partial charge in [-0.25, -0.2) is 0 Å². The summed E-state index contributed by atoms with van der Waals surface area (Å²) in [6, 6.07) is 0. The fourth-order valence-corrected chi connectivity index (χ4v) is 0.887. The lowest BCUT2D eigenvalue weighted by Crippen LogP contribution is -2.20. The maximum absolute atomic E-state index is 8.33. The summed E-state index contributed by atoms with van der Waals surface area (Å²) < 4.78 is 10.7. The molecule has 0 fully saturated rings. The van der Waals surface area contributed by atoms with Crippen LogP contribution in [-0.4, -0.2) is 25.5 Å². The monoisotopic (exact) mass is 215 g/mol. The van der Waals surface area contributed by atoms with Gasteiger partial charge < -0.3 is 9.47 Å². The smallest absolute Gasteiger partial charge is 0.159 e. The number of nitrogens with zero attached hydrogens (tertiary/aromatic N) is 3. The van der Waals surface area contributed by atoms with Crippen molar-refractivity contribution in [3.8, 4) is 0 Å². The highest BCUT2D eigenvalue weighted by molar-refractivity contribution is 4.56. The lowest BCUT2D eigenvalue weighted by atomic mass is 10.1. The van der Waals surface area contributed by atoms with Gasteiger partial charge in [-0.15, -0.1) is 0 Å². The second-order valence-electron chi connectivity index (χ2n) is 4.09. The van der Waals surface area contributed by atoms with Crippen LogP contribution < -0.4 is 0 Å². The molecule has 0 spiro atoms. The summed E-state index contributed by atoms with van der Waals surface area (Å²) in [4.78, 5) is 2.73. The molecule has 1 atom stereocenters. The van der Waals surface area contributed by atoms with Crippen LogP contribution in [-0.2, 0) is 9.47 Å².